The van der Waals surface area contributed by atoms with E-state index in [2.05, 4.69) is 29.1 Å². The number of nitrogens with zero attached hydrogens (tertiary/aromatic N) is 2. The molecule has 0 aliphatic rings. The van der Waals surface area contributed by atoms with Gasteiger partial charge in [-0.2, -0.15) is 5.10 Å². The second-order valence-electron chi connectivity index (χ2n) is 4.31. The highest BCUT2D eigenvalue weighted by molar-refractivity contribution is 6.32. The van der Waals surface area contributed by atoms with Crippen LogP contribution in [0.3, 0.4) is 0 Å². The minimum Gasteiger partial charge on any atom is -0.382 e. The molecular formula is C15H16ClN3O. The summed E-state index contributed by atoms with van der Waals surface area (Å²) in [7, 11) is 0. The van der Waals surface area contributed by atoms with E-state index in [0.717, 1.165) is 6.42 Å². The van der Waals surface area contributed by atoms with Gasteiger partial charge in [0.25, 0.3) is 5.56 Å². The predicted octanol–water partition coefficient (Wildman–Crippen LogP) is 2.74. The van der Waals surface area contributed by atoms with E-state index in [1.54, 1.807) is 12.3 Å². The van der Waals surface area contributed by atoms with Crippen molar-refractivity contribution < 1.29 is 0 Å². The van der Waals surface area contributed by atoms with Crippen molar-refractivity contribution in [3.63, 3.8) is 0 Å². The van der Waals surface area contributed by atoms with Gasteiger partial charge in [-0.3, -0.25) is 4.79 Å². The molecule has 4 nitrogen and oxygen atoms in total. The van der Waals surface area contributed by atoms with E-state index in [4.69, 9.17) is 11.6 Å². The quantitative estimate of drug-likeness (QED) is 0.832. The maximum atomic E-state index is 11.9. The van der Waals surface area contributed by atoms with Crippen molar-refractivity contribution in [2.75, 3.05) is 11.9 Å². The first-order valence-corrected chi connectivity index (χ1v) is 6.74. The molecule has 0 saturated heterocycles. The number of rotatable bonds is 6. The normalized spacial score (nSPS) is 10.2. The molecule has 0 atom stereocenters. The molecule has 0 fully saturated rings. The summed E-state index contributed by atoms with van der Waals surface area (Å²) in [6.07, 6.45) is 4.03. The number of hydrogen-bond acceptors (Lipinski definition) is 3. The zero-order valence-electron chi connectivity index (χ0n) is 11.1. The maximum Gasteiger partial charge on any atom is 0.287 e. The third kappa shape index (κ3) is 3.48. The molecule has 0 radical (unpaired) electrons. The smallest absolute Gasteiger partial charge is 0.287 e. The molecule has 1 N–H and O–H groups in total. The van der Waals surface area contributed by atoms with Gasteiger partial charge in [-0.1, -0.05) is 48.0 Å². The Balaban J connectivity index is 2.02. The molecule has 0 aliphatic heterocycles. The van der Waals surface area contributed by atoms with Crippen LogP contribution in [-0.2, 0) is 13.0 Å². The molecule has 0 spiro atoms. The largest absolute Gasteiger partial charge is 0.382 e. The Kier molecular flexibility index (Phi) is 4.96. The van der Waals surface area contributed by atoms with Crippen LogP contribution in [0.5, 0.6) is 0 Å². The summed E-state index contributed by atoms with van der Waals surface area (Å²) >= 11 is 6.05. The Morgan fingerprint density at radius 1 is 1.35 bits per heavy atom. The lowest BCUT2D eigenvalue weighted by Gasteiger charge is -2.09. The van der Waals surface area contributed by atoms with E-state index < -0.39 is 0 Å². The average Bonchev–Trinajstić information content (AvgIpc) is 2.48. The lowest BCUT2D eigenvalue weighted by atomic mass is 10.1. The second-order valence-corrected chi connectivity index (χ2v) is 4.69. The summed E-state index contributed by atoms with van der Waals surface area (Å²) in [6.45, 7) is 4.61. The Bertz CT molecular complexity index is 637. The highest BCUT2D eigenvalue weighted by Crippen LogP contribution is 2.15. The minimum absolute atomic E-state index is 0.162. The van der Waals surface area contributed by atoms with Crippen molar-refractivity contribution >= 4 is 17.3 Å². The molecular weight excluding hydrogens is 274 g/mol. The third-order valence-electron chi connectivity index (χ3n) is 2.86. The molecule has 1 heterocycles. The molecule has 104 valence electrons. The van der Waals surface area contributed by atoms with Crippen LogP contribution in [0.4, 0.5) is 5.69 Å². The zero-order chi connectivity index (χ0) is 14.4. The summed E-state index contributed by atoms with van der Waals surface area (Å²) < 4.78 is 1.28. The monoisotopic (exact) mass is 289 g/mol. The Morgan fingerprint density at radius 3 is 2.80 bits per heavy atom. The standard InChI is InChI=1S/C15H16ClN3O/c1-2-10-19-15(20)14(16)13(11-18-19)17-9-8-12-6-4-3-5-7-12/h2-7,11,17H,1,8-10H2. The van der Waals surface area contributed by atoms with Gasteiger partial charge in [0, 0.05) is 6.54 Å². The summed E-state index contributed by atoms with van der Waals surface area (Å²) in [5, 5.41) is 7.34. The minimum atomic E-state index is -0.309. The molecule has 0 amide bonds. The van der Waals surface area contributed by atoms with Crippen LogP contribution in [0.2, 0.25) is 5.02 Å². The van der Waals surface area contributed by atoms with Gasteiger partial charge in [0.15, 0.2) is 0 Å². The molecule has 2 rings (SSSR count). The third-order valence-corrected chi connectivity index (χ3v) is 3.22. The number of allylic oxidation sites excluding steroid dienone is 1. The van der Waals surface area contributed by atoms with E-state index >= 15 is 0 Å². The van der Waals surface area contributed by atoms with E-state index in [9.17, 15) is 4.79 Å². The van der Waals surface area contributed by atoms with E-state index in [-0.39, 0.29) is 10.6 Å². The van der Waals surface area contributed by atoms with Crippen molar-refractivity contribution in [2.45, 2.75) is 13.0 Å². The molecule has 0 aliphatic carbocycles. The Hall–Kier alpha value is -2.07. The number of halogens is 1. The van der Waals surface area contributed by atoms with Crippen molar-refractivity contribution in [2.24, 2.45) is 0 Å². The molecule has 2 aromatic rings. The number of hydrogen-bond donors (Lipinski definition) is 1. The highest BCUT2D eigenvalue weighted by atomic mass is 35.5. The number of aromatic nitrogens is 2. The topological polar surface area (TPSA) is 46.9 Å². The molecule has 20 heavy (non-hydrogen) atoms. The summed E-state index contributed by atoms with van der Waals surface area (Å²) in [6, 6.07) is 10.1. The number of anilines is 1. The zero-order valence-corrected chi connectivity index (χ0v) is 11.8. The van der Waals surface area contributed by atoms with Gasteiger partial charge in [0.2, 0.25) is 0 Å². The molecule has 1 aromatic heterocycles. The van der Waals surface area contributed by atoms with Crippen LogP contribution in [0, 0.1) is 0 Å². The fraction of sp³-hybridized carbons (Fsp3) is 0.200. The van der Waals surface area contributed by atoms with Gasteiger partial charge in [0.1, 0.15) is 5.02 Å². The van der Waals surface area contributed by atoms with Crippen molar-refractivity contribution in [1.82, 2.24) is 9.78 Å². The molecule has 0 unspecified atom stereocenters. The average molecular weight is 290 g/mol. The van der Waals surface area contributed by atoms with Crippen LogP contribution in [-0.4, -0.2) is 16.3 Å². The van der Waals surface area contributed by atoms with Crippen LogP contribution in [0.15, 0.2) is 54.0 Å². The van der Waals surface area contributed by atoms with Crippen LogP contribution in [0.25, 0.3) is 0 Å². The van der Waals surface area contributed by atoms with Crippen molar-refractivity contribution in [3.8, 4) is 0 Å². The fourth-order valence-electron chi connectivity index (χ4n) is 1.83. The van der Waals surface area contributed by atoms with Gasteiger partial charge in [0.05, 0.1) is 18.4 Å². The van der Waals surface area contributed by atoms with Gasteiger partial charge in [-0.05, 0) is 12.0 Å². The van der Waals surface area contributed by atoms with E-state index in [1.807, 2.05) is 18.2 Å². The first-order chi connectivity index (χ1) is 9.72. The molecule has 1 aromatic carbocycles. The van der Waals surface area contributed by atoms with Crippen LogP contribution >= 0.6 is 11.6 Å². The Labute approximate surface area is 122 Å². The number of nitrogens with one attached hydrogen (secondary N) is 1. The number of benzene rings is 1. The molecule has 0 saturated carbocycles. The Morgan fingerprint density at radius 2 is 2.10 bits per heavy atom. The first-order valence-electron chi connectivity index (χ1n) is 6.36. The second kappa shape index (κ2) is 6.91. The predicted molar refractivity (Wildman–Crippen MR) is 82.3 cm³/mol. The molecule has 5 heteroatoms. The summed E-state index contributed by atoms with van der Waals surface area (Å²) in [5.41, 5.74) is 1.48. The van der Waals surface area contributed by atoms with Gasteiger partial charge in [-0.25, -0.2) is 4.68 Å². The van der Waals surface area contributed by atoms with Gasteiger partial charge >= 0.3 is 0 Å². The highest BCUT2D eigenvalue weighted by Gasteiger charge is 2.07. The maximum absolute atomic E-state index is 11.9. The van der Waals surface area contributed by atoms with Crippen molar-refractivity contribution in [1.29, 1.82) is 0 Å². The SMILES string of the molecule is C=CCn1ncc(NCCc2ccccc2)c(Cl)c1=O. The first kappa shape index (κ1) is 14.3. The van der Waals surface area contributed by atoms with Crippen LogP contribution < -0.4 is 10.9 Å². The fourth-order valence-corrected chi connectivity index (χ4v) is 2.04. The summed E-state index contributed by atoms with van der Waals surface area (Å²) in [5.74, 6) is 0. The van der Waals surface area contributed by atoms with Gasteiger partial charge < -0.3 is 5.32 Å². The summed E-state index contributed by atoms with van der Waals surface area (Å²) in [4.78, 5) is 11.9. The van der Waals surface area contributed by atoms with E-state index in [1.165, 1.54) is 10.2 Å². The molecule has 0 bridgehead atoms. The lowest BCUT2D eigenvalue weighted by molar-refractivity contribution is 0.653. The van der Waals surface area contributed by atoms with Gasteiger partial charge in [-0.15, -0.1) is 6.58 Å². The van der Waals surface area contributed by atoms with Crippen molar-refractivity contribution in [3.05, 3.63) is 70.1 Å². The van der Waals surface area contributed by atoms with Crippen LogP contribution in [0.1, 0.15) is 5.56 Å². The lowest BCUT2D eigenvalue weighted by Crippen LogP contribution is -2.24. The van der Waals surface area contributed by atoms with E-state index in [0.29, 0.717) is 18.8 Å².